The fourth-order valence-corrected chi connectivity index (χ4v) is 1.54. The van der Waals surface area contributed by atoms with Crippen molar-refractivity contribution in [1.82, 2.24) is 15.2 Å². The molecule has 0 aliphatic heterocycles. The Labute approximate surface area is 103 Å². The Bertz CT molecular complexity index is 609. The summed E-state index contributed by atoms with van der Waals surface area (Å²) in [5, 5.41) is 9.76. The van der Waals surface area contributed by atoms with Crippen LogP contribution in [-0.4, -0.2) is 15.2 Å². The lowest BCUT2D eigenvalue weighted by Gasteiger charge is -2.09. The molecule has 0 unspecified atom stereocenters. The molecule has 1 heterocycles. The van der Waals surface area contributed by atoms with Crippen LogP contribution < -0.4 is 11.0 Å². The van der Waals surface area contributed by atoms with Crippen LogP contribution in [0.2, 0.25) is 5.02 Å². The molecule has 0 fully saturated rings. The van der Waals surface area contributed by atoms with Gasteiger partial charge in [0.05, 0.1) is 0 Å². The van der Waals surface area contributed by atoms with Crippen LogP contribution in [0.5, 0.6) is 0 Å². The fraction of sp³-hybridized carbons (Fsp3) is 0.182. The zero-order valence-corrected chi connectivity index (χ0v) is 10.2. The molecule has 5 nitrogen and oxygen atoms in total. The number of benzene rings is 1. The molecule has 2 rings (SSSR count). The van der Waals surface area contributed by atoms with Crippen molar-refractivity contribution in [2.24, 2.45) is 0 Å². The molecule has 2 aromatic rings. The number of aryl methyl sites for hydroxylation is 2. The van der Waals surface area contributed by atoms with E-state index in [1.54, 1.807) is 19.1 Å². The molecule has 0 spiro atoms. The summed E-state index contributed by atoms with van der Waals surface area (Å²) in [4.78, 5) is 14.9. The van der Waals surface area contributed by atoms with E-state index in [2.05, 4.69) is 20.5 Å². The molecule has 6 heteroatoms. The van der Waals surface area contributed by atoms with E-state index >= 15 is 0 Å². The van der Waals surface area contributed by atoms with Crippen LogP contribution in [0.3, 0.4) is 0 Å². The predicted octanol–water partition coefficient (Wildman–Crippen LogP) is 2.18. The second-order valence-electron chi connectivity index (χ2n) is 3.66. The second kappa shape index (κ2) is 4.55. The van der Waals surface area contributed by atoms with Crippen molar-refractivity contribution in [2.45, 2.75) is 13.8 Å². The molecule has 0 bridgehead atoms. The summed E-state index contributed by atoms with van der Waals surface area (Å²) >= 11 is 5.91. The van der Waals surface area contributed by atoms with Gasteiger partial charge in [-0.05, 0) is 31.5 Å². The summed E-state index contributed by atoms with van der Waals surface area (Å²) in [7, 11) is 0. The number of hydrogen-bond donors (Lipinski definition) is 2. The maximum absolute atomic E-state index is 11.1. The highest BCUT2D eigenvalue weighted by molar-refractivity contribution is 6.30. The van der Waals surface area contributed by atoms with Crippen molar-refractivity contribution in [3.63, 3.8) is 0 Å². The van der Waals surface area contributed by atoms with Gasteiger partial charge >= 0.3 is 5.69 Å². The van der Waals surface area contributed by atoms with E-state index in [0.29, 0.717) is 16.5 Å². The molecule has 88 valence electrons. The monoisotopic (exact) mass is 250 g/mol. The number of H-pyrrole nitrogens is 1. The first kappa shape index (κ1) is 11.6. The van der Waals surface area contributed by atoms with Gasteiger partial charge in [0, 0.05) is 10.7 Å². The number of halogens is 1. The van der Waals surface area contributed by atoms with Crippen LogP contribution in [0.15, 0.2) is 23.0 Å². The molecule has 0 saturated heterocycles. The summed E-state index contributed by atoms with van der Waals surface area (Å²) in [5.74, 6) is 0.430. The number of anilines is 2. The number of nitrogens with one attached hydrogen (secondary N) is 2. The lowest BCUT2D eigenvalue weighted by Crippen LogP contribution is -2.15. The molecular weight excluding hydrogens is 240 g/mol. The van der Waals surface area contributed by atoms with Crippen molar-refractivity contribution in [1.29, 1.82) is 0 Å². The van der Waals surface area contributed by atoms with Crippen LogP contribution in [0.1, 0.15) is 11.3 Å². The maximum Gasteiger partial charge on any atom is 0.363 e. The van der Waals surface area contributed by atoms with Crippen molar-refractivity contribution in [2.75, 3.05) is 5.32 Å². The molecule has 17 heavy (non-hydrogen) atoms. The zero-order valence-electron chi connectivity index (χ0n) is 9.41. The normalized spacial score (nSPS) is 10.3. The van der Waals surface area contributed by atoms with Crippen molar-refractivity contribution in [3.05, 3.63) is 45.0 Å². The van der Waals surface area contributed by atoms with Gasteiger partial charge in [-0.2, -0.15) is 10.1 Å². The third-order valence-corrected chi connectivity index (χ3v) is 2.56. The van der Waals surface area contributed by atoms with Gasteiger partial charge in [0.25, 0.3) is 0 Å². The highest BCUT2D eigenvalue weighted by Crippen LogP contribution is 2.23. The number of aromatic amines is 1. The van der Waals surface area contributed by atoms with Crippen molar-refractivity contribution >= 4 is 23.1 Å². The van der Waals surface area contributed by atoms with Crippen molar-refractivity contribution in [3.8, 4) is 0 Å². The summed E-state index contributed by atoms with van der Waals surface area (Å²) in [6, 6.07) is 5.47. The molecule has 1 aromatic heterocycles. The van der Waals surface area contributed by atoms with Gasteiger partial charge in [0.2, 0.25) is 0 Å². The van der Waals surface area contributed by atoms with Gasteiger partial charge in [0.15, 0.2) is 5.82 Å². The third kappa shape index (κ3) is 2.62. The third-order valence-electron chi connectivity index (χ3n) is 2.33. The predicted molar refractivity (Wildman–Crippen MR) is 66.9 cm³/mol. The van der Waals surface area contributed by atoms with Crippen LogP contribution in [0, 0.1) is 13.8 Å². The standard InChI is InChI=1S/C11H11ClN4O/c1-6-3-4-8(12)5-9(6)13-10-7(2)15-16-11(17)14-10/h3-5H,1-2H3,(H2,13,14,16,17). The minimum atomic E-state index is -0.488. The summed E-state index contributed by atoms with van der Waals surface area (Å²) in [6.45, 7) is 3.69. The molecule has 1 aromatic carbocycles. The van der Waals surface area contributed by atoms with Gasteiger partial charge in [-0.25, -0.2) is 9.89 Å². The SMILES string of the molecule is Cc1ccc(Cl)cc1Nc1nc(=O)[nH]nc1C. The quantitative estimate of drug-likeness (QED) is 0.857. The molecule has 0 aliphatic carbocycles. The highest BCUT2D eigenvalue weighted by Gasteiger charge is 2.05. The Hall–Kier alpha value is -1.88. The van der Waals surface area contributed by atoms with E-state index in [9.17, 15) is 4.79 Å². The first-order valence-electron chi connectivity index (χ1n) is 5.03. The fourth-order valence-electron chi connectivity index (χ4n) is 1.37. The van der Waals surface area contributed by atoms with Gasteiger partial charge in [-0.1, -0.05) is 17.7 Å². The van der Waals surface area contributed by atoms with Gasteiger partial charge in [0.1, 0.15) is 5.69 Å². The van der Waals surface area contributed by atoms with E-state index in [-0.39, 0.29) is 0 Å². The minimum Gasteiger partial charge on any atom is -0.338 e. The Kier molecular flexibility index (Phi) is 3.10. The highest BCUT2D eigenvalue weighted by atomic mass is 35.5. The number of hydrogen-bond acceptors (Lipinski definition) is 4. The zero-order chi connectivity index (χ0) is 12.4. The first-order valence-corrected chi connectivity index (χ1v) is 5.40. The Balaban J connectivity index is 2.40. The molecule has 0 amide bonds. The molecular formula is C11H11ClN4O. The average Bonchev–Trinajstić information content (AvgIpc) is 2.28. The summed E-state index contributed by atoms with van der Waals surface area (Å²) in [6.07, 6.45) is 0. The molecule has 0 atom stereocenters. The first-order chi connectivity index (χ1) is 8.06. The number of nitrogens with zero attached hydrogens (tertiary/aromatic N) is 2. The number of rotatable bonds is 2. The summed E-state index contributed by atoms with van der Waals surface area (Å²) in [5.41, 5.74) is 1.94. The minimum absolute atomic E-state index is 0.430. The van der Waals surface area contributed by atoms with Crippen LogP contribution in [-0.2, 0) is 0 Å². The maximum atomic E-state index is 11.1. The van der Waals surface area contributed by atoms with E-state index in [0.717, 1.165) is 11.3 Å². The molecule has 0 aliphatic rings. The summed E-state index contributed by atoms with van der Waals surface area (Å²) < 4.78 is 0. The van der Waals surface area contributed by atoms with Crippen LogP contribution in [0.25, 0.3) is 0 Å². The van der Waals surface area contributed by atoms with Crippen LogP contribution in [0.4, 0.5) is 11.5 Å². The van der Waals surface area contributed by atoms with Gasteiger partial charge < -0.3 is 5.32 Å². The number of aromatic nitrogens is 3. The molecule has 0 saturated carbocycles. The van der Waals surface area contributed by atoms with Crippen LogP contribution >= 0.6 is 11.6 Å². The van der Waals surface area contributed by atoms with Gasteiger partial charge in [-0.3, -0.25) is 0 Å². The Morgan fingerprint density at radius 3 is 2.88 bits per heavy atom. The van der Waals surface area contributed by atoms with E-state index in [1.165, 1.54) is 0 Å². The lowest BCUT2D eigenvalue weighted by atomic mass is 10.2. The van der Waals surface area contributed by atoms with E-state index in [1.807, 2.05) is 13.0 Å². The largest absolute Gasteiger partial charge is 0.363 e. The average molecular weight is 251 g/mol. The topological polar surface area (TPSA) is 70.7 Å². The lowest BCUT2D eigenvalue weighted by molar-refractivity contribution is 0.884. The van der Waals surface area contributed by atoms with Crippen molar-refractivity contribution < 1.29 is 0 Å². The van der Waals surface area contributed by atoms with E-state index < -0.39 is 5.69 Å². The Morgan fingerprint density at radius 1 is 1.35 bits per heavy atom. The Morgan fingerprint density at radius 2 is 2.12 bits per heavy atom. The van der Waals surface area contributed by atoms with E-state index in [4.69, 9.17) is 11.6 Å². The smallest absolute Gasteiger partial charge is 0.338 e. The second-order valence-corrected chi connectivity index (χ2v) is 4.10. The molecule has 2 N–H and O–H groups in total. The van der Waals surface area contributed by atoms with Gasteiger partial charge in [-0.15, -0.1) is 0 Å². The molecule has 0 radical (unpaired) electrons.